The lowest BCUT2D eigenvalue weighted by atomic mass is 9.47. The van der Waals surface area contributed by atoms with Crippen molar-refractivity contribution in [3.8, 4) is 12.3 Å². The lowest BCUT2D eigenvalue weighted by Crippen LogP contribution is -2.50. The van der Waals surface area contributed by atoms with E-state index in [9.17, 15) is 5.11 Å². The largest absolute Gasteiger partial charge is 0.389 e. The number of aliphatic hydroxyl groups excluding tert-OH is 1. The number of hydrogen-bond acceptors (Lipinski definition) is 1. The Labute approximate surface area is 135 Å². The molecule has 120 valence electrons. The normalized spacial score (nSPS) is 53.7. The minimum atomic E-state index is -0.189. The smallest absolute Gasteiger partial charge is 0.0724 e. The third-order valence-corrected chi connectivity index (χ3v) is 8.29. The molecule has 1 N–H and O–H groups in total. The summed E-state index contributed by atoms with van der Waals surface area (Å²) < 4.78 is 0. The molecule has 1 heteroatoms. The third-order valence-electron chi connectivity index (χ3n) is 8.29. The Bertz CT molecular complexity index is 541. The van der Waals surface area contributed by atoms with Crippen LogP contribution in [0.5, 0.6) is 0 Å². The molecule has 0 radical (unpaired) electrons. The third kappa shape index (κ3) is 1.83. The van der Waals surface area contributed by atoms with Crippen molar-refractivity contribution < 1.29 is 5.11 Å². The molecule has 7 atom stereocenters. The lowest BCUT2D eigenvalue weighted by Gasteiger charge is -2.58. The molecule has 0 aliphatic heterocycles. The van der Waals surface area contributed by atoms with Crippen LogP contribution in [0, 0.1) is 46.8 Å². The molecular weight excluding hydrogens is 268 g/mol. The van der Waals surface area contributed by atoms with E-state index in [4.69, 9.17) is 6.42 Å². The van der Waals surface area contributed by atoms with Gasteiger partial charge in [-0.1, -0.05) is 25.5 Å². The zero-order chi connectivity index (χ0) is 15.5. The molecule has 0 amide bonds. The first-order valence-corrected chi connectivity index (χ1v) is 9.34. The van der Waals surface area contributed by atoms with Crippen LogP contribution in [-0.2, 0) is 0 Å². The molecule has 0 heterocycles. The van der Waals surface area contributed by atoms with Gasteiger partial charge in [0.25, 0.3) is 0 Å². The monoisotopic (exact) mass is 298 g/mol. The summed E-state index contributed by atoms with van der Waals surface area (Å²) in [5, 5.41) is 10.0. The molecule has 0 saturated heterocycles. The van der Waals surface area contributed by atoms with E-state index in [1.807, 2.05) is 0 Å². The maximum absolute atomic E-state index is 10.0. The Hall–Kier alpha value is -0.740. The quantitative estimate of drug-likeness (QED) is 0.513. The summed E-state index contributed by atoms with van der Waals surface area (Å²) in [6.07, 6.45) is 17.8. The summed E-state index contributed by atoms with van der Waals surface area (Å²) in [4.78, 5) is 0. The predicted octanol–water partition coefficient (Wildman–Crippen LogP) is 4.56. The standard InChI is InChI=1S/C21H30O/c1-4-14-6-8-18-17-7-5-15-13-16(22)9-11-21(15,3)19(17)10-12-20(14,18)2/h1,13-14,16-19,22H,5-12H2,2-3H3/t14-,16-,17?,18?,19?,20+,21-/m0/s1. The fraction of sp³-hybridized carbons (Fsp3) is 0.810. The Morgan fingerprint density at radius 1 is 1.09 bits per heavy atom. The van der Waals surface area contributed by atoms with Crippen molar-refractivity contribution in [3.05, 3.63) is 11.6 Å². The van der Waals surface area contributed by atoms with E-state index >= 15 is 0 Å². The second-order valence-electron chi connectivity index (χ2n) is 8.97. The van der Waals surface area contributed by atoms with Crippen LogP contribution in [0.25, 0.3) is 0 Å². The number of hydrogen-bond donors (Lipinski definition) is 1. The highest BCUT2D eigenvalue weighted by Crippen LogP contribution is 2.66. The van der Waals surface area contributed by atoms with Crippen molar-refractivity contribution in [2.24, 2.45) is 34.5 Å². The van der Waals surface area contributed by atoms with Crippen LogP contribution in [0.2, 0.25) is 0 Å². The molecule has 0 spiro atoms. The van der Waals surface area contributed by atoms with Crippen molar-refractivity contribution in [1.82, 2.24) is 0 Å². The van der Waals surface area contributed by atoms with Crippen LogP contribution < -0.4 is 0 Å². The van der Waals surface area contributed by atoms with Gasteiger partial charge in [-0.3, -0.25) is 0 Å². The van der Waals surface area contributed by atoms with Crippen LogP contribution in [-0.4, -0.2) is 11.2 Å². The average Bonchev–Trinajstić information content (AvgIpc) is 2.84. The first kappa shape index (κ1) is 14.8. The summed E-state index contributed by atoms with van der Waals surface area (Å²) in [6, 6.07) is 0. The summed E-state index contributed by atoms with van der Waals surface area (Å²) in [6.45, 7) is 4.99. The molecule has 4 rings (SSSR count). The molecule has 22 heavy (non-hydrogen) atoms. The zero-order valence-corrected chi connectivity index (χ0v) is 14.1. The van der Waals surface area contributed by atoms with Crippen LogP contribution in [0.4, 0.5) is 0 Å². The number of allylic oxidation sites excluding steroid dienone is 1. The van der Waals surface area contributed by atoms with Gasteiger partial charge in [-0.2, -0.15) is 0 Å². The minimum absolute atomic E-state index is 0.189. The zero-order valence-electron chi connectivity index (χ0n) is 14.1. The van der Waals surface area contributed by atoms with Crippen LogP contribution in [0.15, 0.2) is 11.6 Å². The molecule has 0 aromatic carbocycles. The molecule has 3 unspecified atom stereocenters. The summed E-state index contributed by atoms with van der Waals surface area (Å²) >= 11 is 0. The Morgan fingerprint density at radius 2 is 1.91 bits per heavy atom. The molecular formula is C21H30O. The van der Waals surface area contributed by atoms with Crippen molar-refractivity contribution in [2.75, 3.05) is 0 Å². The first-order chi connectivity index (χ1) is 10.5. The van der Waals surface area contributed by atoms with Crippen molar-refractivity contribution in [3.63, 3.8) is 0 Å². The van der Waals surface area contributed by atoms with Gasteiger partial charge < -0.3 is 5.11 Å². The number of rotatable bonds is 0. The highest BCUT2D eigenvalue weighted by molar-refractivity contribution is 5.26. The Kier molecular flexibility index (Phi) is 3.29. The van der Waals surface area contributed by atoms with Gasteiger partial charge in [-0.05, 0) is 80.0 Å². The topological polar surface area (TPSA) is 20.2 Å². The van der Waals surface area contributed by atoms with Crippen LogP contribution >= 0.6 is 0 Å². The maximum Gasteiger partial charge on any atom is 0.0724 e. The van der Waals surface area contributed by atoms with Gasteiger partial charge in [0.2, 0.25) is 0 Å². The van der Waals surface area contributed by atoms with Crippen molar-refractivity contribution in [1.29, 1.82) is 0 Å². The SMILES string of the molecule is C#C[C@H]1CCC2C3CCC4=C[C@@H](O)CC[C@]4(C)C3CC[C@@]21C. The van der Waals surface area contributed by atoms with E-state index in [0.717, 1.165) is 24.2 Å². The van der Waals surface area contributed by atoms with Gasteiger partial charge in [-0.15, -0.1) is 12.3 Å². The highest BCUT2D eigenvalue weighted by atomic mass is 16.3. The van der Waals surface area contributed by atoms with Gasteiger partial charge in [0.05, 0.1) is 6.10 Å². The highest BCUT2D eigenvalue weighted by Gasteiger charge is 2.58. The van der Waals surface area contributed by atoms with Gasteiger partial charge in [-0.25, -0.2) is 0 Å². The van der Waals surface area contributed by atoms with E-state index in [2.05, 4.69) is 25.8 Å². The molecule has 3 fully saturated rings. The number of fused-ring (bicyclic) bond motifs is 5. The first-order valence-electron chi connectivity index (χ1n) is 9.34. The van der Waals surface area contributed by atoms with Crippen LogP contribution in [0.1, 0.15) is 65.2 Å². The summed E-state index contributed by atoms with van der Waals surface area (Å²) in [5.74, 6) is 6.18. The molecule has 3 saturated carbocycles. The fourth-order valence-electron chi connectivity index (χ4n) is 6.98. The minimum Gasteiger partial charge on any atom is -0.389 e. The van der Waals surface area contributed by atoms with Crippen LogP contribution in [0.3, 0.4) is 0 Å². The summed E-state index contributed by atoms with van der Waals surface area (Å²) in [5.41, 5.74) is 2.34. The van der Waals surface area contributed by atoms with E-state index in [-0.39, 0.29) is 6.10 Å². The molecule has 4 aliphatic rings. The predicted molar refractivity (Wildman–Crippen MR) is 90.0 cm³/mol. The summed E-state index contributed by atoms with van der Waals surface area (Å²) in [7, 11) is 0. The second kappa shape index (κ2) is 4.88. The van der Waals surface area contributed by atoms with Gasteiger partial charge in [0, 0.05) is 5.92 Å². The van der Waals surface area contributed by atoms with Gasteiger partial charge >= 0.3 is 0 Å². The lowest BCUT2D eigenvalue weighted by molar-refractivity contribution is -0.0486. The molecule has 1 nitrogen and oxygen atoms in total. The van der Waals surface area contributed by atoms with E-state index in [1.54, 1.807) is 5.57 Å². The van der Waals surface area contributed by atoms with E-state index < -0.39 is 0 Å². The number of terminal acetylenes is 1. The van der Waals surface area contributed by atoms with E-state index in [0.29, 0.717) is 16.7 Å². The van der Waals surface area contributed by atoms with Crippen molar-refractivity contribution in [2.45, 2.75) is 71.3 Å². The second-order valence-corrected chi connectivity index (χ2v) is 8.97. The maximum atomic E-state index is 10.0. The molecule has 0 bridgehead atoms. The van der Waals surface area contributed by atoms with E-state index in [1.165, 1.54) is 44.9 Å². The average molecular weight is 298 g/mol. The Morgan fingerprint density at radius 3 is 2.68 bits per heavy atom. The molecule has 0 aromatic heterocycles. The molecule has 4 aliphatic carbocycles. The molecule has 0 aromatic rings. The van der Waals surface area contributed by atoms with Gasteiger partial charge in [0.1, 0.15) is 0 Å². The fourth-order valence-corrected chi connectivity index (χ4v) is 6.98. The van der Waals surface area contributed by atoms with Gasteiger partial charge in [0.15, 0.2) is 0 Å². The van der Waals surface area contributed by atoms with Crippen molar-refractivity contribution >= 4 is 0 Å². The Balaban J connectivity index is 1.67. The number of aliphatic hydroxyl groups is 1.